The van der Waals surface area contributed by atoms with Gasteiger partial charge in [-0.25, -0.2) is 4.79 Å². The Kier molecular flexibility index (Phi) is 7.46. The van der Waals surface area contributed by atoms with Crippen LogP contribution in [0.1, 0.15) is 55.5 Å². The second kappa shape index (κ2) is 10.3. The second-order valence-corrected chi connectivity index (χ2v) is 7.78. The van der Waals surface area contributed by atoms with Gasteiger partial charge in [0, 0.05) is 12.3 Å². The number of anilines is 1. The average Bonchev–Trinajstić information content (AvgIpc) is 3.26. The maximum Gasteiger partial charge on any atom is 0.338 e. The zero-order chi connectivity index (χ0) is 21.5. The molecule has 1 aliphatic heterocycles. The lowest BCUT2D eigenvalue weighted by molar-refractivity contribution is -0.123. The molecule has 2 aromatic carbocycles. The third-order valence-corrected chi connectivity index (χ3v) is 5.05. The molecule has 0 unspecified atom stereocenters. The molecule has 1 N–H and O–H groups in total. The Hall–Kier alpha value is -2.86. The number of benzene rings is 2. The highest BCUT2D eigenvalue weighted by Gasteiger charge is 2.20. The standard InChI is InChI=1S/C24H29NO5/c1-16(2)18-6-10-20(11-7-18)25-23(26)17(3)30-24(27)19-8-12-21(13-9-19)29-15-22-5-4-14-28-22/h6-13,16-17,22H,4-5,14-15H2,1-3H3,(H,25,26)/t17-,22-/m0/s1. The predicted molar refractivity (Wildman–Crippen MR) is 115 cm³/mol. The molecule has 2 atom stereocenters. The first kappa shape index (κ1) is 21.8. The zero-order valence-corrected chi connectivity index (χ0v) is 17.7. The van der Waals surface area contributed by atoms with Crippen molar-refractivity contribution >= 4 is 17.6 Å². The van der Waals surface area contributed by atoms with Crippen LogP contribution in [-0.4, -0.2) is 37.3 Å². The number of ether oxygens (including phenoxy) is 3. The molecule has 1 fully saturated rings. The van der Waals surface area contributed by atoms with Gasteiger partial charge in [-0.3, -0.25) is 4.79 Å². The first-order chi connectivity index (χ1) is 14.4. The zero-order valence-electron chi connectivity index (χ0n) is 17.7. The van der Waals surface area contributed by atoms with Crippen molar-refractivity contribution in [1.29, 1.82) is 0 Å². The molecule has 6 nitrogen and oxygen atoms in total. The molecule has 30 heavy (non-hydrogen) atoms. The normalized spacial score (nSPS) is 16.9. The van der Waals surface area contributed by atoms with E-state index in [4.69, 9.17) is 14.2 Å². The largest absolute Gasteiger partial charge is 0.491 e. The summed E-state index contributed by atoms with van der Waals surface area (Å²) in [4.78, 5) is 24.7. The lowest BCUT2D eigenvalue weighted by atomic mass is 10.0. The number of rotatable bonds is 8. The maximum atomic E-state index is 12.3. The molecule has 1 saturated heterocycles. The van der Waals surface area contributed by atoms with E-state index in [1.165, 1.54) is 5.56 Å². The molecular weight excluding hydrogens is 382 g/mol. The Morgan fingerprint density at radius 1 is 1.07 bits per heavy atom. The van der Waals surface area contributed by atoms with E-state index < -0.39 is 12.1 Å². The summed E-state index contributed by atoms with van der Waals surface area (Å²) in [6.07, 6.45) is 1.29. The van der Waals surface area contributed by atoms with E-state index >= 15 is 0 Å². The Bertz CT molecular complexity index is 839. The summed E-state index contributed by atoms with van der Waals surface area (Å²) in [6.45, 7) is 7.05. The molecule has 1 heterocycles. The van der Waals surface area contributed by atoms with Gasteiger partial charge in [0.2, 0.25) is 0 Å². The Morgan fingerprint density at radius 2 is 1.77 bits per heavy atom. The minimum atomic E-state index is -0.919. The van der Waals surface area contributed by atoms with Crippen LogP contribution in [0.3, 0.4) is 0 Å². The van der Waals surface area contributed by atoms with E-state index in [9.17, 15) is 9.59 Å². The van der Waals surface area contributed by atoms with Gasteiger partial charge in [-0.1, -0.05) is 26.0 Å². The summed E-state index contributed by atoms with van der Waals surface area (Å²) in [6, 6.07) is 14.3. The van der Waals surface area contributed by atoms with Gasteiger partial charge in [0.15, 0.2) is 6.10 Å². The number of hydrogen-bond acceptors (Lipinski definition) is 5. The predicted octanol–water partition coefficient (Wildman–Crippen LogP) is 4.55. The van der Waals surface area contributed by atoms with Gasteiger partial charge in [-0.15, -0.1) is 0 Å². The molecule has 2 aromatic rings. The summed E-state index contributed by atoms with van der Waals surface area (Å²) in [5, 5.41) is 2.77. The summed E-state index contributed by atoms with van der Waals surface area (Å²) in [7, 11) is 0. The summed E-state index contributed by atoms with van der Waals surface area (Å²) >= 11 is 0. The molecule has 1 aliphatic rings. The van der Waals surface area contributed by atoms with Gasteiger partial charge < -0.3 is 19.5 Å². The fourth-order valence-corrected chi connectivity index (χ4v) is 3.13. The van der Waals surface area contributed by atoms with Crippen LogP contribution in [0.25, 0.3) is 0 Å². The number of hydrogen-bond donors (Lipinski definition) is 1. The van der Waals surface area contributed by atoms with Crippen LogP contribution in [0, 0.1) is 0 Å². The molecule has 3 rings (SSSR count). The molecule has 160 valence electrons. The number of nitrogens with one attached hydrogen (secondary N) is 1. The van der Waals surface area contributed by atoms with Gasteiger partial charge in [0.1, 0.15) is 12.4 Å². The first-order valence-corrected chi connectivity index (χ1v) is 10.4. The maximum absolute atomic E-state index is 12.3. The summed E-state index contributed by atoms with van der Waals surface area (Å²) in [5.41, 5.74) is 2.22. The number of amides is 1. The highest BCUT2D eigenvalue weighted by molar-refractivity contribution is 5.97. The van der Waals surface area contributed by atoms with E-state index in [2.05, 4.69) is 19.2 Å². The highest BCUT2D eigenvalue weighted by Crippen LogP contribution is 2.19. The van der Waals surface area contributed by atoms with Gasteiger partial charge in [0.05, 0.1) is 11.7 Å². The van der Waals surface area contributed by atoms with Crippen LogP contribution in [-0.2, 0) is 14.3 Å². The molecule has 1 amide bonds. The molecule has 0 radical (unpaired) electrons. The van der Waals surface area contributed by atoms with Gasteiger partial charge in [0.25, 0.3) is 5.91 Å². The number of carbonyl (C=O) groups is 2. The van der Waals surface area contributed by atoms with Crippen LogP contribution in [0.2, 0.25) is 0 Å². The van der Waals surface area contributed by atoms with Crippen molar-refractivity contribution in [3.63, 3.8) is 0 Å². The van der Waals surface area contributed by atoms with Crippen LogP contribution in [0.15, 0.2) is 48.5 Å². The Balaban J connectivity index is 1.48. The van der Waals surface area contributed by atoms with Gasteiger partial charge in [-0.2, -0.15) is 0 Å². The topological polar surface area (TPSA) is 73.9 Å². The van der Waals surface area contributed by atoms with Crippen LogP contribution < -0.4 is 10.1 Å². The van der Waals surface area contributed by atoms with E-state index in [-0.39, 0.29) is 12.0 Å². The van der Waals surface area contributed by atoms with Crippen molar-refractivity contribution in [2.24, 2.45) is 0 Å². The highest BCUT2D eigenvalue weighted by atomic mass is 16.5. The minimum Gasteiger partial charge on any atom is -0.491 e. The molecule has 0 aliphatic carbocycles. The molecular formula is C24H29NO5. The fraction of sp³-hybridized carbons (Fsp3) is 0.417. The lowest BCUT2D eigenvalue weighted by Gasteiger charge is -2.15. The van der Waals surface area contributed by atoms with Gasteiger partial charge in [-0.05, 0) is 67.6 Å². The minimum absolute atomic E-state index is 0.135. The van der Waals surface area contributed by atoms with Crippen LogP contribution in [0.5, 0.6) is 5.75 Å². The number of esters is 1. The van der Waals surface area contributed by atoms with Crippen molar-refractivity contribution in [3.8, 4) is 5.75 Å². The van der Waals surface area contributed by atoms with E-state index in [1.54, 1.807) is 31.2 Å². The molecule has 0 spiro atoms. The molecule has 0 bridgehead atoms. The van der Waals surface area contributed by atoms with E-state index in [0.717, 1.165) is 19.4 Å². The van der Waals surface area contributed by atoms with Crippen molar-refractivity contribution in [1.82, 2.24) is 0 Å². The summed E-state index contributed by atoms with van der Waals surface area (Å²) < 4.78 is 16.5. The second-order valence-electron chi connectivity index (χ2n) is 7.78. The Labute approximate surface area is 177 Å². The van der Waals surface area contributed by atoms with Crippen molar-refractivity contribution < 1.29 is 23.8 Å². The lowest BCUT2D eigenvalue weighted by Crippen LogP contribution is -2.30. The summed E-state index contributed by atoms with van der Waals surface area (Å²) in [5.74, 6) is 0.149. The van der Waals surface area contributed by atoms with Crippen LogP contribution >= 0.6 is 0 Å². The van der Waals surface area contributed by atoms with E-state index in [1.807, 2.05) is 24.3 Å². The molecule has 0 saturated carbocycles. The molecule has 6 heteroatoms. The molecule has 0 aromatic heterocycles. The fourth-order valence-electron chi connectivity index (χ4n) is 3.13. The SMILES string of the molecule is CC(C)c1ccc(NC(=O)[C@H](C)OC(=O)c2ccc(OC[C@@H]3CCCO3)cc2)cc1. The monoisotopic (exact) mass is 411 g/mol. The van der Waals surface area contributed by atoms with Crippen molar-refractivity contribution in [2.45, 2.75) is 51.7 Å². The van der Waals surface area contributed by atoms with Gasteiger partial charge >= 0.3 is 5.97 Å². The van der Waals surface area contributed by atoms with Crippen LogP contribution in [0.4, 0.5) is 5.69 Å². The quantitative estimate of drug-likeness (QED) is 0.645. The number of carbonyl (C=O) groups excluding carboxylic acids is 2. The Morgan fingerprint density at radius 3 is 2.37 bits per heavy atom. The van der Waals surface area contributed by atoms with E-state index in [0.29, 0.717) is 29.5 Å². The van der Waals surface area contributed by atoms with Crippen molar-refractivity contribution in [2.75, 3.05) is 18.5 Å². The third-order valence-electron chi connectivity index (χ3n) is 5.05. The van der Waals surface area contributed by atoms with Crippen molar-refractivity contribution in [3.05, 3.63) is 59.7 Å². The third kappa shape index (κ3) is 6.07. The average molecular weight is 411 g/mol. The first-order valence-electron chi connectivity index (χ1n) is 10.4. The smallest absolute Gasteiger partial charge is 0.338 e.